The number of hydrogen-bond donors (Lipinski definition) is 2. The number of nitrogens with zero attached hydrogens (tertiary/aromatic N) is 3. The molecule has 8 nitrogen and oxygen atoms in total. The molecule has 1 heterocycles. The summed E-state index contributed by atoms with van der Waals surface area (Å²) in [7, 11) is 0. The molecule has 110 valence electrons. The minimum atomic E-state index is -0.835. The van der Waals surface area contributed by atoms with Gasteiger partial charge in [0.15, 0.2) is 0 Å². The number of pyridine rings is 1. The molecule has 2 N–H and O–H groups in total. The van der Waals surface area contributed by atoms with Gasteiger partial charge < -0.3 is 10.4 Å². The van der Waals surface area contributed by atoms with Crippen molar-refractivity contribution in [2.45, 2.75) is 18.4 Å². The van der Waals surface area contributed by atoms with Gasteiger partial charge in [-0.05, 0) is 31.0 Å². The summed E-state index contributed by atoms with van der Waals surface area (Å²) in [4.78, 5) is 26.5. The number of nitro groups is 1. The number of nitro benzene ring substituents is 1. The van der Waals surface area contributed by atoms with Crippen LogP contribution < -0.4 is 5.32 Å². The molecule has 0 aliphatic heterocycles. The molecule has 0 radical (unpaired) electrons. The van der Waals surface area contributed by atoms with Crippen LogP contribution in [0, 0.1) is 21.4 Å². The van der Waals surface area contributed by atoms with E-state index >= 15 is 0 Å². The van der Waals surface area contributed by atoms with Crippen LogP contribution in [-0.2, 0) is 0 Å². The zero-order valence-corrected chi connectivity index (χ0v) is 11.2. The average molecular weight is 298 g/mol. The summed E-state index contributed by atoms with van der Waals surface area (Å²) in [5, 5.41) is 32.5. The van der Waals surface area contributed by atoms with Crippen LogP contribution in [0.1, 0.15) is 23.3 Å². The smallest absolute Gasteiger partial charge is 0.279 e. The van der Waals surface area contributed by atoms with E-state index < -0.39 is 16.4 Å². The Kier molecular flexibility index (Phi) is 2.92. The number of phenols is 1. The van der Waals surface area contributed by atoms with Gasteiger partial charge in [-0.15, -0.1) is 0 Å². The number of rotatable bonds is 3. The van der Waals surface area contributed by atoms with Crippen molar-refractivity contribution in [1.29, 1.82) is 5.26 Å². The van der Waals surface area contributed by atoms with E-state index in [-0.39, 0.29) is 28.0 Å². The molecule has 2 aromatic rings. The summed E-state index contributed by atoms with van der Waals surface area (Å²) >= 11 is 0. The van der Waals surface area contributed by atoms with Gasteiger partial charge in [0.25, 0.3) is 11.6 Å². The molecule has 0 spiro atoms. The van der Waals surface area contributed by atoms with Crippen LogP contribution in [0.5, 0.6) is 5.75 Å². The van der Waals surface area contributed by atoms with Crippen LogP contribution in [0.15, 0.2) is 24.3 Å². The number of phenolic OH excluding ortho intramolecular Hbond substituents is 1. The molecule has 1 aliphatic carbocycles. The number of amides is 1. The number of nitrogens with one attached hydrogen (secondary N) is 1. The fourth-order valence-corrected chi connectivity index (χ4v) is 2.14. The molecule has 0 bridgehead atoms. The van der Waals surface area contributed by atoms with E-state index in [4.69, 9.17) is 5.26 Å². The number of carbonyl (C=O) groups excluding carboxylic acids is 1. The number of nitriles is 1. The normalized spacial score (nSPS) is 15.0. The molecule has 22 heavy (non-hydrogen) atoms. The molecule has 1 aromatic heterocycles. The molecule has 1 aromatic carbocycles. The zero-order chi connectivity index (χ0) is 15.9. The molecule has 0 atom stereocenters. The predicted molar refractivity (Wildman–Crippen MR) is 75.1 cm³/mol. The average Bonchev–Trinajstić information content (AvgIpc) is 3.27. The van der Waals surface area contributed by atoms with Crippen LogP contribution >= 0.6 is 0 Å². The first-order valence-electron chi connectivity index (χ1n) is 6.47. The zero-order valence-electron chi connectivity index (χ0n) is 11.2. The summed E-state index contributed by atoms with van der Waals surface area (Å²) in [6, 6.07) is 7.05. The Bertz CT molecular complexity index is 852. The lowest BCUT2D eigenvalue weighted by Crippen LogP contribution is -2.36. The number of carbonyl (C=O) groups is 1. The molecule has 1 aliphatic rings. The van der Waals surface area contributed by atoms with Crippen LogP contribution in [0.4, 0.5) is 5.69 Å². The molecule has 8 heteroatoms. The van der Waals surface area contributed by atoms with Crippen LogP contribution in [0.3, 0.4) is 0 Å². The van der Waals surface area contributed by atoms with E-state index in [1.54, 1.807) is 0 Å². The van der Waals surface area contributed by atoms with Crippen molar-refractivity contribution in [1.82, 2.24) is 10.3 Å². The van der Waals surface area contributed by atoms with Gasteiger partial charge in [0.2, 0.25) is 0 Å². The standard InChI is InChI=1S/C14H10N4O4/c15-7-14(5-6-14)17-13(20)9-2-1-8-10(18(21)22)3-4-11(19)12(8)16-9/h1-4,19H,5-6H2,(H,17,20). The second kappa shape index (κ2) is 4.66. The van der Waals surface area contributed by atoms with Crippen molar-refractivity contribution in [3.63, 3.8) is 0 Å². The molecular formula is C14H10N4O4. The third-order valence-electron chi connectivity index (χ3n) is 3.56. The highest BCUT2D eigenvalue weighted by Crippen LogP contribution is 2.35. The highest BCUT2D eigenvalue weighted by molar-refractivity contribution is 5.99. The van der Waals surface area contributed by atoms with Gasteiger partial charge in [-0.2, -0.15) is 5.26 Å². The van der Waals surface area contributed by atoms with E-state index in [9.17, 15) is 20.0 Å². The highest BCUT2D eigenvalue weighted by Gasteiger charge is 2.45. The summed E-state index contributed by atoms with van der Waals surface area (Å²) in [5.74, 6) is -0.802. The summed E-state index contributed by atoms with van der Waals surface area (Å²) in [5.41, 5.74) is -1.07. The highest BCUT2D eigenvalue weighted by atomic mass is 16.6. The van der Waals surface area contributed by atoms with Gasteiger partial charge in [0.05, 0.1) is 16.4 Å². The predicted octanol–water partition coefficient (Wildman–Crippen LogP) is 1.63. The molecule has 1 fully saturated rings. The molecule has 1 amide bonds. The Morgan fingerprint density at radius 1 is 1.41 bits per heavy atom. The number of non-ortho nitro benzene ring substituents is 1. The summed E-state index contributed by atoms with van der Waals surface area (Å²) < 4.78 is 0. The third-order valence-corrected chi connectivity index (χ3v) is 3.56. The van der Waals surface area contributed by atoms with Gasteiger partial charge in [-0.1, -0.05) is 0 Å². The molecule has 0 unspecified atom stereocenters. The van der Waals surface area contributed by atoms with Crippen LogP contribution in [0.2, 0.25) is 0 Å². The van der Waals surface area contributed by atoms with E-state index in [0.717, 1.165) is 6.07 Å². The van der Waals surface area contributed by atoms with Crippen molar-refractivity contribution in [2.24, 2.45) is 0 Å². The minimum absolute atomic E-state index is 0.00942. The number of aromatic hydroxyl groups is 1. The Labute approximate surface area is 124 Å². The Balaban J connectivity index is 2.03. The Morgan fingerprint density at radius 2 is 2.14 bits per heavy atom. The first kappa shape index (κ1) is 13.8. The van der Waals surface area contributed by atoms with Crippen molar-refractivity contribution in [3.8, 4) is 11.8 Å². The van der Waals surface area contributed by atoms with E-state index in [0.29, 0.717) is 12.8 Å². The van der Waals surface area contributed by atoms with E-state index in [1.165, 1.54) is 18.2 Å². The molecular weight excluding hydrogens is 288 g/mol. The van der Waals surface area contributed by atoms with Gasteiger partial charge >= 0.3 is 0 Å². The SMILES string of the molecule is N#CC1(NC(=O)c2ccc3c([N+](=O)[O-])ccc(O)c3n2)CC1. The maximum absolute atomic E-state index is 12.1. The lowest BCUT2D eigenvalue weighted by atomic mass is 10.1. The van der Waals surface area contributed by atoms with Gasteiger partial charge in [0.1, 0.15) is 22.5 Å². The van der Waals surface area contributed by atoms with Gasteiger partial charge in [-0.3, -0.25) is 14.9 Å². The van der Waals surface area contributed by atoms with E-state index in [1.807, 2.05) is 6.07 Å². The van der Waals surface area contributed by atoms with E-state index in [2.05, 4.69) is 10.3 Å². The van der Waals surface area contributed by atoms with Crippen molar-refractivity contribution in [2.75, 3.05) is 0 Å². The second-order valence-corrected chi connectivity index (χ2v) is 5.10. The number of benzene rings is 1. The molecule has 0 saturated heterocycles. The Morgan fingerprint density at radius 3 is 2.73 bits per heavy atom. The van der Waals surface area contributed by atoms with Gasteiger partial charge in [-0.25, -0.2) is 4.98 Å². The number of hydrogen-bond acceptors (Lipinski definition) is 6. The molecule has 1 saturated carbocycles. The second-order valence-electron chi connectivity index (χ2n) is 5.10. The van der Waals surface area contributed by atoms with Crippen molar-refractivity contribution in [3.05, 3.63) is 40.1 Å². The topological polar surface area (TPSA) is 129 Å². The van der Waals surface area contributed by atoms with Crippen LogP contribution in [-0.4, -0.2) is 26.5 Å². The fourth-order valence-electron chi connectivity index (χ4n) is 2.14. The number of aromatic nitrogens is 1. The summed E-state index contributed by atoms with van der Waals surface area (Å²) in [6.45, 7) is 0. The summed E-state index contributed by atoms with van der Waals surface area (Å²) in [6.07, 6.45) is 1.17. The Hall–Kier alpha value is -3.21. The lowest BCUT2D eigenvalue weighted by molar-refractivity contribution is -0.383. The fraction of sp³-hybridized carbons (Fsp3) is 0.214. The van der Waals surface area contributed by atoms with Gasteiger partial charge in [0, 0.05) is 6.07 Å². The number of fused-ring (bicyclic) bond motifs is 1. The minimum Gasteiger partial charge on any atom is -0.506 e. The monoisotopic (exact) mass is 298 g/mol. The maximum Gasteiger partial charge on any atom is 0.279 e. The van der Waals surface area contributed by atoms with Crippen molar-refractivity contribution >= 4 is 22.5 Å². The van der Waals surface area contributed by atoms with Crippen LogP contribution in [0.25, 0.3) is 10.9 Å². The lowest BCUT2D eigenvalue weighted by Gasteiger charge is -2.09. The first-order chi connectivity index (χ1) is 10.5. The first-order valence-corrected chi connectivity index (χ1v) is 6.47. The molecule has 3 rings (SSSR count). The third kappa shape index (κ3) is 2.18. The largest absolute Gasteiger partial charge is 0.506 e. The quantitative estimate of drug-likeness (QED) is 0.654. The maximum atomic E-state index is 12.1. The van der Waals surface area contributed by atoms with Crippen molar-refractivity contribution < 1.29 is 14.8 Å².